The Morgan fingerprint density at radius 2 is 1.95 bits per heavy atom. The Hall–Kier alpha value is -2.22. The summed E-state index contributed by atoms with van der Waals surface area (Å²) < 4.78 is 24.5. The van der Waals surface area contributed by atoms with Gasteiger partial charge in [-0.15, -0.1) is 0 Å². The smallest absolute Gasteiger partial charge is 0.288 e. The number of rotatable bonds is 5. The fourth-order valence-corrected chi connectivity index (χ4v) is 2.28. The number of H-pyrrole nitrogens is 1. The Kier molecular flexibility index (Phi) is 5.26. The molecule has 0 aliphatic heterocycles. The van der Waals surface area contributed by atoms with Gasteiger partial charge in [-0.25, -0.2) is 5.10 Å². The normalized spacial score (nSPS) is 10.7. The molecule has 2 aromatic rings. The number of amides is 1. The number of nitrogens with zero attached hydrogens (tertiary/aromatic N) is 2. The Balaban J connectivity index is 2.01. The number of halogens is 2. The maximum absolute atomic E-state index is 12.2. The summed E-state index contributed by atoms with van der Waals surface area (Å²) in [4.78, 5) is 24.9. The summed E-state index contributed by atoms with van der Waals surface area (Å²) in [6, 6.07) is 9.12. The number of nitrogens with one attached hydrogen (secondary N) is 1. The molecule has 1 heterocycles. The zero-order valence-corrected chi connectivity index (χ0v) is 12.4. The van der Waals surface area contributed by atoms with E-state index < -0.39 is 5.76 Å². The molecule has 0 saturated carbocycles. The van der Waals surface area contributed by atoms with E-state index in [1.807, 2.05) is 0 Å². The lowest BCUT2D eigenvalue weighted by Crippen LogP contribution is -2.28. The Morgan fingerprint density at radius 1 is 1.27 bits per heavy atom. The van der Waals surface area contributed by atoms with E-state index in [4.69, 9.17) is 0 Å². The van der Waals surface area contributed by atoms with Crippen LogP contribution in [0.5, 0.6) is 0 Å². The van der Waals surface area contributed by atoms with Gasteiger partial charge in [-0.3, -0.25) is 9.59 Å². The summed E-state index contributed by atoms with van der Waals surface area (Å²) in [6.07, 6.45) is 0. The SMILES string of the molecule is CN(Cc1ccc(SC(F)F)cc1)C(=O)c1ccc(=O)[nH]n1. The van der Waals surface area contributed by atoms with Crippen molar-refractivity contribution in [1.82, 2.24) is 15.1 Å². The summed E-state index contributed by atoms with van der Waals surface area (Å²) >= 11 is 0.473. The van der Waals surface area contributed by atoms with E-state index in [1.165, 1.54) is 17.0 Å². The van der Waals surface area contributed by atoms with Gasteiger partial charge in [0.2, 0.25) is 0 Å². The van der Waals surface area contributed by atoms with Crippen LogP contribution in [-0.2, 0) is 6.54 Å². The molecule has 0 aliphatic rings. The summed E-state index contributed by atoms with van der Waals surface area (Å²) in [7, 11) is 1.59. The summed E-state index contributed by atoms with van der Waals surface area (Å²) in [5.74, 6) is -2.80. The molecule has 0 fully saturated rings. The van der Waals surface area contributed by atoms with E-state index in [1.54, 1.807) is 31.3 Å². The largest absolute Gasteiger partial charge is 0.336 e. The van der Waals surface area contributed by atoms with Crippen molar-refractivity contribution in [1.29, 1.82) is 0 Å². The van der Waals surface area contributed by atoms with Crippen LogP contribution in [0.15, 0.2) is 46.1 Å². The van der Waals surface area contributed by atoms with Crippen molar-refractivity contribution in [2.75, 3.05) is 7.05 Å². The van der Waals surface area contributed by atoms with Crippen molar-refractivity contribution < 1.29 is 13.6 Å². The van der Waals surface area contributed by atoms with Gasteiger partial charge >= 0.3 is 0 Å². The molecule has 0 unspecified atom stereocenters. The quantitative estimate of drug-likeness (QED) is 0.857. The van der Waals surface area contributed by atoms with Gasteiger partial charge in [0.1, 0.15) is 5.69 Å². The number of alkyl halides is 2. The van der Waals surface area contributed by atoms with E-state index in [-0.39, 0.29) is 17.2 Å². The number of benzene rings is 1. The zero-order chi connectivity index (χ0) is 16.1. The molecule has 0 bridgehead atoms. The van der Waals surface area contributed by atoms with Crippen molar-refractivity contribution in [3.63, 3.8) is 0 Å². The third-order valence-corrected chi connectivity index (χ3v) is 3.54. The van der Waals surface area contributed by atoms with Gasteiger partial charge < -0.3 is 4.90 Å². The van der Waals surface area contributed by atoms with Gasteiger partial charge in [0.05, 0.1) is 0 Å². The number of hydrogen-bond acceptors (Lipinski definition) is 4. The van der Waals surface area contributed by atoms with Crippen molar-refractivity contribution >= 4 is 17.7 Å². The van der Waals surface area contributed by atoms with Gasteiger partial charge in [0.25, 0.3) is 17.2 Å². The number of thioether (sulfide) groups is 1. The number of carbonyl (C=O) groups is 1. The lowest BCUT2D eigenvalue weighted by atomic mass is 10.2. The fraction of sp³-hybridized carbons (Fsp3) is 0.214. The molecule has 0 saturated heterocycles. The second kappa shape index (κ2) is 7.17. The van der Waals surface area contributed by atoms with Gasteiger partial charge in [-0.2, -0.15) is 13.9 Å². The molecule has 0 atom stereocenters. The molecule has 5 nitrogen and oxygen atoms in total. The van der Waals surface area contributed by atoms with E-state index >= 15 is 0 Å². The van der Waals surface area contributed by atoms with Crippen LogP contribution in [0.3, 0.4) is 0 Å². The first-order chi connectivity index (χ1) is 10.5. The van der Waals surface area contributed by atoms with Crippen molar-refractivity contribution in [3.8, 4) is 0 Å². The highest BCUT2D eigenvalue weighted by atomic mass is 32.2. The highest BCUT2D eigenvalue weighted by molar-refractivity contribution is 7.99. The van der Waals surface area contributed by atoms with Gasteiger partial charge in [0, 0.05) is 24.6 Å². The Labute approximate surface area is 129 Å². The summed E-state index contributed by atoms with van der Waals surface area (Å²) in [5.41, 5.74) is 0.553. The molecule has 1 aromatic heterocycles. The fourth-order valence-electron chi connectivity index (χ4n) is 1.78. The zero-order valence-electron chi connectivity index (χ0n) is 11.6. The topological polar surface area (TPSA) is 66.1 Å². The highest BCUT2D eigenvalue weighted by Gasteiger charge is 2.14. The minimum absolute atomic E-state index is 0.131. The van der Waals surface area contributed by atoms with Crippen molar-refractivity contribution in [3.05, 3.63) is 58.0 Å². The number of aromatic nitrogens is 2. The molecule has 1 N–H and O–H groups in total. The van der Waals surface area contributed by atoms with E-state index in [2.05, 4.69) is 10.2 Å². The van der Waals surface area contributed by atoms with E-state index in [0.717, 1.165) is 5.56 Å². The molecule has 22 heavy (non-hydrogen) atoms. The second-order valence-corrected chi connectivity index (χ2v) is 5.55. The molecule has 2 rings (SSSR count). The number of hydrogen-bond donors (Lipinski definition) is 1. The van der Waals surface area contributed by atoms with Crippen LogP contribution in [0.4, 0.5) is 8.78 Å². The maximum Gasteiger partial charge on any atom is 0.288 e. The van der Waals surface area contributed by atoms with Crippen LogP contribution in [-0.4, -0.2) is 33.8 Å². The molecule has 0 radical (unpaired) electrons. The van der Waals surface area contributed by atoms with Gasteiger partial charge in [-0.1, -0.05) is 23.9 Å². The summed E-state index contributed by atoms with van der Waals surface area (Å²) in [6.45, 7) is 0.305. The Bertz CT molecular complexity index is 683. The predicted octanol–water partition coefficient (Wildman–Crippen LogP) is 2.36. The minimum Gasteiger partial charge on any atom is -0.336 e. The molecule has 116 valence electrons. The molecular formula is C14H13F2N3O2S. The first kappa shape index (κ1) is 16.2. The van der Waals surface area contributed by atoms with E-state index in [9.17, 15) is 18.4 Å². The van der Waals surface area contributed by atoms with Gasteiger partial charge in [0.15, 0.2) is 0 Å². The van der Waals surface area contributed by atoms with Gasteiger partial charge in [-0.05, 0) is 23.8 Å². The molecule has 1 amide bonds. The van der Waals surface area contributed by atoms with Crippen LogP contribution in [0.2, 0.25) is 0 Å². The maximum atomic E-state index is 12.2. The standard InChI is InChI=1S/C14H13F2N3O2S/c1-19(13(21)11-6-7-12(20)18-17-11)8-9-2-4-10(5-3-9)22-14(15)16/h2-7,14H,8H2,1H3,(H,18,20). The molecule has 8 heteroatoms. The van der Waals surface area contributed by atoms with Crippen LogP contribution in [0, 0.1) is 0 Å². The molecule has 1 aromatic carbocycles. The average molecular weight is 325 g/mol. The van der Waals surface area contributed by atoms with Crippen LogP contribution in [0.25, 0.3) is 0 Å². The van der Waals surface area contributed by atoms with Crippen molar-refractivity contribution in [2.24, 2.45) is 0 Å². The second-order valence-electron chi connectivity index (χ2n) is 4.49. The molecular weight excluding hydrogens is 312 g/mol. The lowest BCUT2D eigenvalue weighted by molar-refractivity contribution is 0.0778. The monoisotopic (exact) mass is 325 g/mol. The average Bonchev–Trinajstić information content (AvgIpc) is 2.49. The van der Waals surface area contributed by atoms with Crippen molar-refractivity contribution in [2.45, 2.75) is 17.2 Å². The van der Waals surface area contributed by atoms with E-state index in [0.29, 0.717) is 23.2 Å². The third kappa shape index (κ3) is 4.39. The molecule has 0 spiro atoms. The van der Waals surface area contributed by atoms with Crippen LogP contribution >= 0.6 is 11.8 Å². The van der Waals surface area contributed by atoms with Crippen LogP contribution in [0.1, 0.15) is 16.1 Å². The Morgan fingerprint density at radius 3 is 2.50 bits per heavy atom. The minimum atomic E-state index is -2.46. The molecule has 0 aliphatic carbocycles. The highest BCUT2D eigenvalue weighted by Crippen LogP contribution is 2.25. The number of carbonyl (C=O) groups excluding carboxylic acids is 1. The first-order valence-electron chi connectivity index (χ1n) is 6.30. The summed E-state index contributed by atoms with van der Waals surface area (Å²) in [5, 5.41) is 5.87. The third-order valence-electron chi connectivity index (χ3n) is 2.81. The lowest BCUT2D eigenvalue weighted by Gasteiger charge is -2.16. The predicted molar refractivity (Wildman–Crippen MR) is 79.0 cm³/mol. The first-order valence-corrected chi connectivity index (χ1v) is 7.18. The number of aromatic amines is 1. The van der Waals surface area contributed by atoms with Crippen LogP contribution < -0.4 is 5.56 Å².